The van der Waals surface area contributed by atoms with Gasteiger partial charge < -0.3 is 19.1 Å². The van der Waals surface area contributed by atoms with E-state index in [9.17, 15) is 5.26 Å². The maximum atomic E-state index is 11.0. The van der Waals surface area contributed by atoms with E-state index in [2.05, 4.69) is 165 Å². The molecule has 0 aliphatic carbocycles. The number of para-hydroxylation sites is 4. The number of rotatable bonds is 2. The van der Waals surface area contributed by atoms with Crippen LogP contribution in [0.4, 0.5) is 0 Å². The van der Waals surface area contributed by atoms with Crippen molar-refractivity contribution in [2.24, 2.45) is 0 Å². The van der Waals surface area contributed by atoms with Crippen molar-refractivity contribution in [3.05, 3.63) is 145 Å². The normalized spacial score (nSPS) is 12.1. The summed E-state index contributed by atoms with van der Waals surface area (Å²) in [6, 6.07) is 51.7. The first-order valence-corrected chi connectivity index (χ1v) is 16.2. The van der Waals surface area contributed by atoms with E-state index in [0.29, 0.717) is 5.56 Å². The first-order chi connectivity index (χ1) is 23.8. The van der Waals surface area contributed by atoms with Gasteiger partial charge in [-0.3, -0.25) is 0 Å². The molecule has 222 valence electrons. The predicted molar refractivity (Wildman–Crippen MR) is 199 cm³/mol. The Morgan fingerprint density at radius 1 is 0.396 bits per heavy atom. The van der Waals surface area contributed by atoms with Crippen molar-refractivity contribution < 1.29 is 0 Å². The lowest BCUT2D eigenvalue weighted by Gasteiger charge is -2.15. The minimum absolute atomic E-state index is 0.622. The Morgan fingerprint density at radius 2 is 0.833 bits per heavy atom. The second-order valence-corrected chi connectivity index (χ2v) is 12.6. The molecular formula is C43H25N5. The Labute approximate surface area is 273 Å². The summed E-state index contributed by atoms with van der Waals surface area (Å²) in [6.07, 6.45) is 0. The number of fused-ring (bicyclic) bond motifs is 14. The van der Waals surface area contributed by atoms with Gasteiger partial charge in [-0.05, 0) is 48.5 Å². The van der Waals surface area contributed by atoms with Crippen molar-refractivity contribution in [3.63, 3.8) is 0 Å². The summed E-state index contributed by atoms with van der Waals surface area (Å²) >= 11 is 0. The van der Waals surface area contributed by atoms with Crippen LogP contribution >= 0.6 is 0 Å². The fourth-order valence-corrected chi connectivity index (χ4v) is 8.29. The number of nitriles is 1. The monoisotopic (exact) mass is 611 g/mol. The standard InChI is InChI=1S/C43H25N5/c44-24-31-36(47-34-16-7-3-12-29(34)40-38(47)22-20-27-25-10-1-5-14-32(25)45-42(27)40)18-9-19-37(31)48-35-17-8-4-13-30(35)41-39(48)23-21-28-26-11-2-6-15-33(26)46-43(28)41/h1-23,45-46H. The molecule has 0 saturated heterocycles. The zero-order chi connectivity index (χ0) is 31.5. The minimum Gasteiger partial charge on any atom is -0.354 e. The lowest BCUT2D eigenvalue weighted by Crippen LogP contribution is -2.03. The molecule has 0 aliphatic heterocycles. The highest BCUT2D eigenvalue weighted by molar-refractivity contribution is 6.26. The number of nitrogens with one attached hydrogen (secondary N) is 2. The molecule has 0 amide bonds. The summed E-state index contributed by atoms with van der Waals surface area (Å²) in [5.74, 6) is 0. The van der Waals surface area contributed by atoms with Crippen LogP contribution in [0, 0.1) is 11.3 Å². The van der Waals surface area contributed by atoms with Crippen LogP contribution in [-0.4, -0.2) is 19.1 Å². The van der Waals surface area contributed by atoms with Gasteiger partial charge in [-0.25, -0.2) is 0 Å². The molecule has 0 spiro atoms. The first-order valence-electron chi connectivity index (χ1n) is 16.2. The van der Waals surface area contributed by atoms with Crippen LogP contribution in [0.25, 0.3) is 98.6 Å². The molecule has 0 saturated carbocycles. The minimum atomic E-state index is 0.622. The van der Waals surface area contributed by atoms with E-state index >= 15 is 0 Å². The number of H-pyrrole nitrogens is 2. The number of hydrogen-bond donors (Lipinski definition) is 2. The molecule has 0 unspecified atom stereocenters. The fourth-order valence-electron chi connectivity index (χ4n) is 8.29. The van der Waals surface area contributed by atoms with Gasteiger partial charge in [0, 0.05) is 54.1 Å². The number of benzene rings is 7. The van der Waals surface area contributed by atoms with Gasteiger partial charge in [0.05, 0.1) is 44.5 Å². The molecule has 4 heterocycles. The lowest BCUT2D eigenvalue weighted by atomic mass is 10.1. The van der Waals surface area contributed by atoms with Gasteiger partial charge in [0.25, 0.3) is 0 Å². The van der Waals surface area contributed by atoms with E-state index in [1.807, 2.05) is 0 Å². The number of aromatic nitrogens is 4. The van der Waals surface area contributed by atoms with Gasteiger partial charge >= 0.3 is 0 Å². The molecule has 0 aliphatic rings. The quantitative estimate of drug-likeness (QED) is 0.201. The molecule has 0 atom stereocenters. The third-order valence-electron chi connectivity index (χ3n) is 10.2. The Kier molecular flexibility index (Phi) is 4.85. The fraction of sp³-hybridized carbons (Fsp3) is 0. The van der Waals surface area contributed by atoms with Gasteiger partial charge in [-0.2, -0.15) is 5.26 Å². The molecule has 48 heavy (non-hydrogen) atoms. The van der Waals surface area contributed by atoms with E-state index in [1.165, 1.54) is 21.5 Å². The highest BCUT2D eigenvalue weighted by Crippen LogP contribution is 2.42. The SMILES string of the molecule is N#Cc1c(-n2c3ccccc3c3c4[nH]c5ccccc5c4ccc32)cccc1-n1c2ccccc2c2c3[nH]c4ccccc4c3ccc21. The predicted octanol–water partition coefficient (Wildman–Crippen LogP) is 11.0. The largest absolute Gasteiger partial charge is 0.354 e. The summed E-state index contributed by atoms with van der Waals surface area (Å²) in [6.45, 7) is 0. The average molecular weight is 612 g/mol. The molecule has 0 radical (unpaired) electrons. The summed E-state index contributed by atoms with van der Waals surface area (Å²) < 4.78 is 4.53. The van der Waals surface area contributed by atoms with Crippen LogP contribution in [0.1, 0.15) is 5.56 Å². The van der Waals surface area contributed by atoms with E-state index in [0.717, 1.165) is 77.1 Å². The van der Waals surface area contributed by atoms with Crippen molar-refractivity contribution >= 4 is 87.2 Å². The molecule has 4 aromatic heterocycles. The molecule has 0 bridgehead atoms. The zero-order valence-corrected chi connectivity index (χ0v) is 25.6. The molecular weight excluding hydrogens is 587 g/mol. The third-order valence-corrected chi connectivity index (χ3v) is 10.2. The van der Waals surface area contributed by atoms with Crippen molar-refractivity contribution in [2.45, 2.75) is 0 Å². The van der Waals surface area contributed by atoms with E-state index in [-0.39, 0.29) is 0 Å². The van der Waals surface area contributed by atoms with E-state index in [1.54, 1.807) is 0 Å². The molecule has 5 heteroatoms. The van der Waals surface area contributed by atoms with Crippen molar-refractivity contribution in [1.82, 2.24) is 19.1 Å². The Hall–Kier alpha value is -6.77. The molecule has 11 rings (SSSR count). The van der Waals surface area contributed by atoms with Gasteiger partial charge in [-0.15, -0.1) is 0 Å². The van der Waals surface area contributed by atoms with Crippen molar-refractivity contribution in [3.8, 4) is 17.4 Å². The Balaban J connectivity index is 1.25. The van der Waals surface area contributed by atoms with Crippen LogP contribution in [0.3, 0.4) is 0 Å². The summed E-state index contributed by atoms with van der Waals surface area (Å²) in [7, 11) is 0. The highest BCUT2D eigenvalue weighted by atomic mass is 15.0. The second-order valence-electron chi connectivity index (χ2n) is 12.6. The Morgan fingerprint density at radius 3 is 1.31 bits per heavy atom. The van der Waals surface area contributed by atoms with E-state index < -0.39 is 0 Å². The van der Waals surface area contributed by atoms with Crippen LogP contribution < -0.4 is 0 Å². The Bertz CT molecular complexity index is 2990. The molecule has 0 fully saturated rings. The van der Waals surface area contributed by atoms with Gasteiger partial charge in [0.1, 0.15) is 11.6 Å². The van der Waals surface area contributed by atoms with Crippen LogP contribution in [0.15, 0.2) is 140 Å². The number of hydrogen-bond acceptors (Lipinski definition) is 1. The van der Waals surface area contributed by atoms with Crippen LogP contribution in [0.2, 0.25) is 0 Å². The summed E-state index contributed by atoms with van der Waals surface area (Å²) in [5, 5.41) is 20.5. The van der Waals surface area contributed by atoms with Crippen molar-refractivity contribution in [2.75, 3.05) is 0 Å². The lowest BCUT2D eigenvalue weighted by molar-refractivity contribution is 1.12. The maximum Gasteiger partial charge on any atom is 0.104 e. The van der Waals surface area contributed by atoms with Crippen LogP contribution in [-0.2, 0) is 0 Å². The molecule has 11 aromatic rings. The summed E-state index contributed by atoms with van der Waals surface area (Å²) in [4.78, 5) is 7.44. The second kappa shape index (κ2) is 9.16. The molecule has 2 N–H and O–H groups in total. The van der Waals surface area contributed by atoms with E-state index in [4.69, 9.17) is 0 Å². The molecule has 5 nitrogen and oxygen atoms in total. The van der Waals surface area contributed by atoms with Gasteiger partial charge in [-0.1, -0.05) is 91.0 Å². The van der Waals surface area contributed by atoms with Crippen LogP contribution in [0.5, 0.6) is 0 Å². The number of aromatic amines is 2. The number of nitrogens with zero attached hydrogens (tertiary/aromatic N) is 3. The van der Waals surface area contributed by atoms with Gasteiger partial charge in [0.2, 0.25) is 0 Å². The highest BCUT2D eigenvalue weighted by Gasteiger charge is 2.23. The zero-order valence-electron chi connectivity index (χ0n) is 25.6. The smallest absolute Gasteiger partial charge is 0.104 e. The average Bonchev–Trinajstić information content (AvgIpc) is 3.88. The molecule has 7 aromatic carbocycles. The first kappa shape index (κ1) is 25.4. The van der Waals surface area contributed by atoms with Crippen molar-refractivity contribution in [1.29, 1.82) is 5.26 Å². The summed E-state index contributed by atoms with van der Waals surface area (Å²) in [5.41, 5.74) is 11.0. The van der Waals surface area contributed by atoms with Gasteiger partial charge in [0.15, 0.2) is 0 Å². The third kappa shape index (κ3) is 3.14. The topological polar surface area (TPSA) is 65.2 Å². The maximum absolute atomic E-state index is 11.0.